The smallest absolute Gasteiger partial charge is 0.313 e. The molecule has 0 aromatic heterocycles. The van der Waals surface area contributed by atoms with Crippen molar-refractivity contribution in [3.8, 4) is 0 Å². The summed E-state index contributed by atoms with van der Waals surface area (Å²) in [6, 6.07) is 13.9. The number of aryl methyl sites for hydroxylation is 1. The van der Waals surface area contributed by atoms with Crippen LogP contribution >= 0.6 is 11.8 Å². The van der Waals surface area contributed by atoms with E-state index in [1.54, 1.807) is 17.8 Å². The molecule has 0 spiro atoms. The minimum absolute atomic E-state index is 0.0147. The normalized spacial score (nSPS) is 14.2. The minimum atomic E-state index is -0.655. The second kappa shape index (κ2) is 10.00. The van der Waals surface area contributed by atoms with Crippen molar-refractivity contribution < 1.29 is 9.59 Å². The second-order valence-electron chi connectivity index (χ2n) is 7.79. The SMILES string of the molecule is CSc1cccc(NC(=O)C(=O)NC[C@@H](c2ccc3c(c2)CCCN3C)N(C)C)c1. The van der Waals surface area contributed by atoms with E-state index in [0.717, 1.165) is 29.8 Å². The molecule has 2 aromatic carbocycles. The zero-order valence-electron chi connectivity index (χ0n) is 18.1. The summed E-state index contributed by atoms with van der Waals surface area (Å²) in [6.07, 6.45) is 4.18. The summed E-state index contributed by atoms with van der Waals surface area (Å²) in [5.41, 5.74) is 4.37. The van der Waals surface area contributed by atoms with Gasteiger partial charge >= 0.3 is 11.8 Å². The Kier molecular flexibility index (Phi) is 7.39. The summed E-state index contributed by atoms with van der Waals surface area (Å²) >= 11 is 1.58. The van der Waals surface area contributed by atoms with Crippen molar-refractivity contribution in [3.63, 3.8) is 0 Å². The van der Waals surface area contributed by atoms with Crippen molar-refractivity contribution in [1.29, 1.82) is 0 Å². The van der Waals surface area contributed by atoms with Crippen molar-refractivity contribution in [3.05, 3.63) is 53.6 Å². The highest BCUT2D eigenvalue weighted by molar-refractivity contribution is 7.98. The number of carbonyl (C=O) groups is 2. The topological polar surface area (TPSA) is 64.7 Å². The summed E-state index contributed by atoms with van der Waals surface area (Å²) in [5, 5.41) is 5.46. The van der Waals surface area contributed by atoms with Crippen molar-refractivity contribution in [2.75, 3.05) is 50.7 Å². The molecule has 0 saturated carbocycles. The number of carbonyl (C=O) groups excluding carboxylic acids is 2. The Labute approximate surface area is 183 Å². The number of rotatable bonds is 6. The first-order valence-electron chi connectivity index (χ1n) is 10.1. The van der Waals surface area contributed by atoms with Gasteiger partial charge in [0.05, 0.1) is 6.04 Å². The van der Waals surface area contributed by atoms with E-state index in [1.807, 2.05) is 38.6 Å². The third kappa shape index (κ3) is 5.34. The van der Waals surface area contributed by atoms with Gasteiger partial charge in [-0.15, -0.1) is 11.8 Å². The van der Waals surface area contributed by atoms with Crippen LogP contribution in [0, 0.1) is 0 Å². The third-order valence-electron chi connectivity index (χ3n) is 5.45. The van der Waals surface area contributed by atoms with Crippen LogP contribution in [0.3, 0.4) is 0 Å². The summed E-state index contributed by atoms with van der Waals surface area (Å²) in [5.74, 6) is -1.29. The summed E-state index contributed by atoms with van der Waals surface area (Å²) < 4.78 is 0. The van der Waals surface area contributed by atoms with E-state index in [-0.39, 0.29) is 6.04 Å². The molecule has 2 N–H and O–H groups in total. The van der Waals surface area contributed by atoms with Gasteiger partial charge in [0.2, 0.25) is 0 Å². The molecule has 1 atom stereocenters. The lowest BCUT2D eigenvalue weighted by atomic mass is 9.96. The molecule has 3 rings (SSSR count). The quantitative estimate of drug-likeness (QED) is 0.549. The maximum Gasteiger partial charge on any atom is 0.313 e. The molecule has 2 amide bonds. The third-order valence-corrected chi connectivity index (χ3v) is 6.18. The van der Waals surface area contributed by atoms with Crippen LogP contribution in [0.25, 0.3) is 0 Å². The van der Waals surface area contributed by atoms with E-state index in [9.17, 15) is 9.59 Å². The van der Waals surface area contributed by atoms with E-state index >= 15 is 0 Å². The fraction of sp³-hybridized carbons (Fsp3) is 0.391. The average molecular weight is 427 g/mol. The van der Waals surface area contributed by atoms with Crippen LogP contribution in [-0.4, -0.2) is 57.2 Å². The van der Waals surface area contributed by atoms with Gasteiger partial charge in [-0.25, -0.2) is 0 Å². The monoisotopic (exact) mass is 426 g/mol. The molecular formula is C23H30N4O2S. The van der Waals surface area contributed by atoms with E-state index in [1.165, 1.54) is 11.3 Å². The number of likely N-dealkylation sites (N-methyl/N-ethyl adjacent to an activating group) is 1. The van der Waals surface area contributed by atoms with Crippen LogP contribution in [0.1, 0.15) is 23.6 Å². The highest BCUT2D eigenvalue weighted by Crippen LogP contribution is 2.30. The Hall–Kier alpha value is -2.51. The molecule has 6 nitrogen and oxygen atoms in total. The van der Waals surface area contributed by atoms with Gasteiger partial charge < -0.3 is 20.4 Å². The van der Waals surface area contributed by atoms with Crippen LogP contribution in [0.15, 0.2) is 47.4 Å². The van der Waals surface area contributed by atoms with Crippen LogP contribution in [0.5, 0.6) is 0 Å². The first-order valence-corrected chi connectivity index (χ1v) is 11.3. The van der Waals surface area contributed by atoms with Gasteiger partial charge in [-0.05, 0) is 68.6 Å². The van der Waals surface area contributed by atoms with Crippen molar-refractivity contribution in [1.82, 2.24) is 10.2 Å². The van der Waals surface area contributed by atoms with Gasteiger partial charge in [-0.3, -0.25) is 9.59 Å². The Morgan fingerprint density at radius 1 is 1.17 bits per heavy atom. The predicted molar refractivity (Wildman–Crippen MR) is 124 cm³/mol. The summed E-state index contributed by atoms with van der Waals surface area (Å²) in [7, 11) is 6.08. The Bertz CT molecular complexity index is 916. The highest BCUT2D eigenvalue weighted by atomic mass is 32.2. The largest absolute Gasteiger partial charge is 0.374 e. The second-order valence-corrected chi connectivity index (χ2v) is 8.67. The maximum absolute atomic E-state index is 12.4. The molecular weight excluding hydrogens is 396 g/mol. The number of fused-ring (bicyclic) bond motifs is 1. The van der Waals surface area contributed by atoms with Gasteiger partial charge in [0.25, 0.3) is 0 Å². The van der Waals surface area contributed by atoms with Crippen molar-refractivity contribution in [2.45, 2.75) is 23.8 Å². The Balaban J connectivity index is 1.64. The fourth-order valence-corrected chi connectivity index (χ4v) is 4.23. The number of nitrogens with zero attached hydrogens (tertiary/aromatic N) is 2. The molecule has 0 radical (unpaired) electrons. The summed E-state index contributed by atoms with van der Waals surface area (Å²) in [6.45, 7) is 1.44. The fourth-order valence-electron chi connectivity index (χ4n) is 3.77. The summed E-state index contributed by atoms with van der Waals surface area (Å²) in [4.78, 5) is 30.1. The van der Waals surface area contributed by atoms with Gasteiger partial charge in [0.1, 0.15) is 0 Å². The molecule has 0 fully saturated rings. The van der Waals surface area contributed by atoms with E-state index in [0.29, 0.717) is 12.2 Å². The lowest BCUT2D eigenvalue weighted by Crippen LogP contribution is -2.40. The molecule has 2 aromatic rings. The van der Waals surface area contributed by atoms with Gasteiger partial charge in [-0.1, -0.05) is 18.2 Å². The molecule has 30 heavy (non-hydrogen) atoms. The zero-order valence-corrected chi connectivity index (χ0v) is 18.9. The van der Waals surface area contributed by atoms with E-state index in [4.69, 9.17) is 0 Å². The average Bonchev–Trinajstić information content (AvgIpc) is 2.73. The molecule has 1 aliphatic heterocycles. The lowest BCUT2D eigenvalue weighted by Gasteiger charge is -2.30. The molecule has 0 unspecified atom stereocenters. The lowest BCUT2D eigenvalue weighted by molar-refractivity contribution is -0.136. The molecule has 160 valence electrons. The van der Waals surface area contributed by atoms with Crippen LogP contribution in [0.2, 0.25) is 0 Å². The van der Waals surface area contributed by atoms with Crippen molar-refractivity contribution >= 4 is 35.0 Å². The first-order chi connectivity index (χ1) is 14.4. The van der Waals surface area contributed by atoms with Crippen molar-refractivity contribution in [2.24, 2.45) is 0 Å². The van der Waals surface area contributed by atoms with Crippen LogP contribution in [-0.2, 0) is 16.0 Å². The Morgan fingerprint density at radius 3 is 2.70 bits per heavy atom. The molecule has 0 bridgehead atoms. The molecule has 7 heteroatoms. The van der Waals surface area contributed by atoms with Gasteiger partial charge in [0, 0.05) is 36.4 Å². The maximum atomic E-state index is 12.4. The zero-order chi connectivity index (χ0) is 21.7. The predicted octanol–water partition coefficient (Wildman–Crippen LogP) is 3.15. The number of hydrogen-bond acceptors (Lipinski definition) is 5. The standard InChI is InChI=1S/C23H30N4O2S/c1-26(2)21(17-10-11-20-16(13-17)7-6-12-27(20)3)15-24-22(28)23(29)25-18-8-5-9-19(14-18)30-4/h5,8-11,13-14,21H,6-7,12,15H2,1-4H3,(H,24,28)(H,25,29)/t21-/m0/s1. The number of nitrogens with one attached hydrogen (secondary N) is 2. The van der Waals surface area contributed by atoms with Gasteiger partial charge in [0.15, 0.2) is 0 Å². The number of hydrogen-bond donors (Lipinski definition) is 2. The number of benzene rings is 2. The minimum Gasteiger partial charge on any atom is -0.374 e. The first kappa shape index (κ1) is 22.2. The number of thioether (sulfide) groups is 1. The highest BCUT2D eigenvalue weighted by Gasteiger charge is 2.21. The molecule has 0 saturated heterocycles. The molecule has 1 aliphatic rings. The van der Waals surface area contributed by atoms with E-state index < -0.39 is 11.8 Å². The van der Waals surface area contributed by atoms with E-state index in [2.05, 4.69) is 45.7 Å². The Morgan fingerprint density at radius 2 is 1.97 bits per heavy atom. The molecule has 0 aliphatic carbocycles. The van der Waals surface area contributed by atoms with Gasteiger partial charge in [-0.2, -0.15) is 0 Å². The van der Waals surface area contributed by atoms with Crippen LogP contribution < -0.4 is 15.5 Å². The number of amides is 2. The number of anilines is 2. The molecule has 1 heterocycles. The van der Waals surface area contributed by atoms with Crippen LogP contribution in [0.4, 0.5) is 11.4 Å².